The summed E-state index contributed by atoms with van der Waals surface area (Å²) in [7, 11) is 0. The molecule has 74 nitrogen and oxygen atoms in total. The van der Waals surface area contributed by atoms with Crippen LogP contribution in [0.5, 0.6) is 0 Å². The fourth-order valence-electron chi connectivity index (χ4n) is 0. The van der Waals surface area contributed by atoms with E-state index in [9.17, 15) is 0 Å². The zero-order valence-electron chi connectivity index (χ0n) is 37.3. The molecule has 94 heavy (non-hydrogen) atoms. The van der Waals surface area contributed by atoms with E-state index in [1.165, 1.54) is 0 Å². The second-order valence-corrected chi connectivity index (χ2v) is 0. The van der Waals surface area contributed by atoms with E-state index in [4.69, 9.17) is 0 Å². The first-order valence-electron chi connectivity index (χ1n) is 0. The van der Waals surface area contributed by atoms with Crippen molar-refractivity contribution in [2.45, 2.75) is 0 Å². The zero-order chi connectivity index (χ0) is 0. The van der Waals surface area contributed by atoms with E-state index in [1.807, 2.05) is 0 Å². The van der Waals surface area contributed by atoms with Gasteiger partial charge in [-0.3, -0.25) is 0 Å². The van der Waals surface area contributed by atoms with Gasteiger partial charge in [-0.15, -0.1) is 0 Å². The molecule has 0 aliphatic rings. The minimum Gasteiger partial charge on any atom is -2.00 e. The Bertz CT molecular complexity index is 70.2. The van der Waals surface area contributed by atoms with Crippen molar-refractivity contribution in [2.24, 2.45) is 0 Å². The molecule has 0 aromatic rings. The van der Waals surface area contributed by atoms with Gasteiger partial charge in [-0.25, -0.2) is 0 Å². The third kappa shape index (κ3) is 17500. The molecule has 0 spiro atoms. The quantitative estimate of drug-likeness (QED) is 0.204. The largest absolute Gasteiger partial charge is 3.00 e. The minimum atomic E-state index is 0. The Morgan fingerprint density at radius 1 is 0.0213 bits per heavy atom. The van der Waals surface area contributed by atoms with Crippen LogP contribution in [-0.2, 0) is 747 Å². The molecule has 0 saturated heterocycles. The first-order valence-corrected chi connectivity index (χ1v) is 0. The maximum atomic E-state index is 0. The van der Waals surface area contributed by atoms with E-state index in [1.54, 1.807) is 0 Å². The van der Waals surface area contributed by atoms with Gasteiger partial charge < -0.3 is 405 Å². The van der Waals surface area contributed by atoms with E-state index in [0.717, 1.165) is 0 Å². The molecule has 0 N–H and O–H groups in total. The number of hydrogen-bond acceptors (Lipinski definition) is 0. The summed E-state index contributed by atoms with van der Waals surface area (Å²) in [6.07, 6.45) is 0. The van der Waals surface area contributed by atoms with E-state index < -0.39 is 0 Å². The average molecular weight is 2300 g/mol. The summed E-state index contributed by atoms with van der Waals surface area (Å²) in [5, 5.41) is 0. The van der Waals surface area contributed by atoms with Crippen LogP contribution in [0, 0.1) is 0 Å². The molecule has 0 aliphatic carbocycles. The van der Waals surface area contributed by atoms with Gasteiger partial charge in [-0.2, -0.15) is 0 Å². The molecule has 0 aromatic heterocycles. The Hall–Kier alpha value is 7.43. The summed E-state index contributed by atoms with van der Waals surface area (Å²) < 4.78 is 0. The number of hydrogen-bond donors (Lipinski definition) is 0. The van der Waals surface area contributed by atoms with Crippen molar-refractivity contribution in [2.75, 3.05) is 0 Å². The van der Waals surface area contributed by atoms with Gasteiger partial charge in [0.15, 0.2) is 0 Å². The summed E-state index contributed by atoms with van der Waals surface area (Å²) in [6, 6.07) is 0. The monoisotopic (exact) mass is 2300 g/mol. The topological polar surface area (TPSA) is 2110 Å². The Kier molecular flexibility index (Phi) is 3550000. The summed E-state index contributed by atoms with van der Waals surface area (Å²) >= 11 is 0. The molecule has 0 fully saturated rings. The molecule has 94 heteroatoms. The molecule has 0 saturated carbocycles. The van der Waals surface area contributed by atoms with Crippen molar-refractivity contribution in [3.63, 3.8) is 0 Å². The van der Waals surface area contributed by atoms with Gasteiger partial charge in [-0.1, -0.05) is 0 Å². The van der Waals surface area contributed by atoms with Crippen molar-refractivity contribution in [1.82, 2.24) is 0 Å². The van der Waals surface area contributed by atoms with Crippen LogP contribution in [0.25, 0.3) is 0 Å². The van der Waals surface area contributed by atoms with Crippen LogP contribution in [0.15, 0.2) is 0 Å². The van der Waals surface area contributed by atoms with Gasteiger partial charge >= 0.3 is 341 Å². The van der Waals surface area contributed by atoms with Crippen LogP contribution in [0.4, 0.5) is 0 Å². The second kappa shape index (κ2) is 18000. The van der Waals surface area contributed by atoms with Gasteiger partial charge in [0, 0.05) is 0 Å². The van der Waals surface area contributed by atoms with Crippen molar-refractivity contribution < 1.29 is 747 Å². The molecule has 0 heterocycles. The molecule has 0 unspecified atom stereocenters. The van der Waals surface area contributed by atoms with Gasteiger partial charge in [0.2, 0.25) is 0 Å². The standard InChI is InChI=1S/20Fe.74O/q20*+3;74*-2. The van der Waals surface area contributed by atoms with Crippen LogP contribution < -0.4 is 0 Å². The Balaban J connectivity index is 0. The van der Waals surface area contributed by atoms with E-state index >= 15 is 0 Å². The first kappa shape index (κ1) is 18500. The van der Waals surface area contributed by atoms with E-state index in [0.29, 0.717) is 0 Å². The maximum Gasteiger partial charge on any atom is 3.00 e. The average Bonchev–Trinajstić information content (AvgIpc) is 0. The second-order valence-electron chi connectivity index (χ2n) is 0. The zero-order valence-corrected chi connectivity index (χ0v) is 59.4. The van der Waals surface area contributed by atoms with Gasteiger partial charge in [0.25, 0.3) is 0 Å². The molecule has 0 atom stereocenters. The molecule has 0 amide bonds. The third-order valence-corrected chi connectivity index (χ3v) is 0. The first-order chi connectivity index (χ1) is 0. The smallest absolute Gasteiger partial charge is 2.00 e. The molecule has 20 radical (unpaired) electrons. The Morgan fingerprint density at radius 2 is 0.0213 bits per heavy atom. The molecule has 0 aliphatic heterocycles. The fraction of sp³-hybridized carbons (Fsp3) is 0. The molecule has 0 aromatic carbocycles. The summed E-state index contributed by atoms with van der Waals surface area (Å²) in [5.74, 6) is 0. The molecule has 692 valence electrons. The van der Waals surface area contributed by atoms with E-state index in [-0.39, 0.29) is 747 Å². The molecular formula is Fe20O74-88. The third-order valence-electron chi connectivity index (χ3n) is 0. The predicted molar refractivity (Wildman–Crippen MR) is 50.8 cm³/mol. The fourth-order valence-corrected chi connectivity index (χ4v) is 0. The van der Waals surface area contributed by atoms with Crippen LogP contribution >= 0.6 is 0 Å². The van der Waals surface area contributed by atoms with Crippen LogP contribution in [0.3, 0.4) is 0 Å². The van der Waals surface area contributed by atoms with Crippen molar-refractivity contribution in [3.8, 4) is 0 Å². The van der Waals surface area contributed by atoms with Gasteiger partial charge in [0.05, 0.1) is 0 Å². The Morgan fingerprint density at radius 3 is 0.0213 bits per heavy atom. The summed E-state index contributed by atoms with van der Waals surface area (Å²) in [6.45, 7) is 0. The van der Waals surface area contributed by atoms with Crippen molar-refractivity contribution in [1.29, 1.82) is 0 Å². The van der Waals surface area contributed by atoms with Crippen molar-refractivity contribution >= 4 is 0 Å². The van der Waals surface area contributed by atoms with Gasteiger partial charge in [0.1, 0.15) is 0 Å². The van der Waals surface area contributed by atoms with E-state index in [2.05, 4.69) is 0 Å². The SMILES string of the molecule is [Fe+3].[Fe+3].[Fe+3].[Fe+3].[Fe+3].[Fe+3].[Fe+3].[Fe+3].[Fe+3].[Fe+3].[Fe+3].[Fe+3].[Fe+3].[Fe+3].[Fe+3].[Fe+3].[Fe+3].[Fe+3].[Fe+3].[Fe+3].[O-2].[O-2].[O-2].[O-2].[O-2].[O-2].[O-2].[O-2].[O-2].[O-2].[O-2].[O-2].[O-2].[O-2].[O-2].[O-2].[O-2].[O-2].[O-2].[O-2].[O-2].[O-2].[O-2].[O-2].[O-2].[O-2].[O-2].[O-2].[O-2].[O-2].[O-2].[O-2].[O-2].[O-2].[O-2].[O-2].[O-2].[O-2].[O-2].[O-2].[O-2].[O-2].[O-2].[O-2].[O-2].[O-2].[O-2].[O-2].[O-2].[O-2].[O-2].[O-2].[O-2].[O-2].[O-2].[O-2].[O-2].[O-2].[O-2].[O-2].[O-2].[O-2].[O-2].[O-2].[O-2].[O-2].[O-2].[O-2].[O-2].[O-2].[O-2].[O-2].[O-2].[O-2]. The predicted octanol–water partition coefficient (Wildman–Crippen LogP) is -8.84. The summed E-state index contributed by atoms with van der Waals surface area (Å²) in [5.41, 5.74) is 0. The van der Waals surface area contributed by atoms with Crippen LogP contribution in [0.1, 0.15) is 0 Å². The van der Waals surface area contributed by atoms with Crippen LogP contribution in [0.2, 0.25) is 0 Å². The Labute approximate surface area is 739 Å². The minimum absolute atomic E-state index is 0. The molecule has 0 rings (SSSR count). The maximum absolute atomic E-state index is 0. The normalized spacial score (nSPS) is 0. The summed E-state index contributed by atoms with van der Waals surface area (Å²) in [4.78, 5) is 0. The molecule has 0 bridgehead atoms. The number of rotatable bonds is 0. The van der Waals surface area contributed by atoms with Gasteiger partial charge in [-0.05, 0) is 0 Å². The molecular weight excluding hydrogens is 2300 g/mol. The van der Waals surface area contributed by atoms with Crippen LogP contribution in [-0.4, -0.2) is 0 Å². The van der Waals surface area contributed by atoms with Crippen molar-refractivity contribution in [3.05, 3.63) is 0 Å².